The number of rotatable bonds is 2. The van der Waals surface area contributed by atoms with Crippen molar-refractivity contribution in [1.29, 1.82) is 0 Å². The van der Waals surface area contributed by atoms with Crippen LogP contribution in [0.15, 0.2) is 42.5 Å². The largest absolute Gasteiger partial charge is 0.469 e. The van der Waals surface area contributed by atoms with Crippen molar-refractivity contribution >= 4 is 16.7 Å². The highest BCUT2D eigenvalue weighted by Crippen LogP contribution is 2.32. The first-order valence-corrected chi connectivity index (χ1v) is 6.59. The number of nitrogens with one attached hydrogen (secondary N) is 1. The molecule has 1 heterocycles. The summed E-state index contributed by atoms with van der Waals surface area (Å²) in [6.07, 6.45) is 0.837. The molecular weight excluding hydrogens is 257 g/mol. The van der Waals surface area contributed by atoms with Gasteiger partial charge in [-0.3, -0.25) is 9.50 Å². The molecule has 1 aliphatic heterocycles. The van der Waals surface area contributed by atoms with Crippen LogP contribution in [0.3, 0.4) is 0 Å². The molecule has 0 unspecified atom stereocenters. The van der Waals surface area contributed by atoms with Gasteiger partial charge in [-0.05, 0) is 35.4 Å². The van der Waals surface area contributed by atoms with Crippen molar-refractivity contribution in [2.75, 3.05) is 13.7 Å². The highest BCUT2D eigenvalue weighted by atomic mass is 19.0. The van der Waals surface area contributed by atoms with Gasteiger partial charge in [0.25, 0.3) is 0 Å². The van der Waals surface area contributed by atoms with Crippen LogP contribution in [-0.2, 0) is 9.53 Å². The van der Waals surface area contributed by atoms with Crippen molar-refractivity contribution in [2.45, 2.75) is 12.5 Å². The van der Waals surface area contributed by atoms with Crippen LogP contribution < -0.4 is 5.32 Å². The molecule has 4 heteroatoms. The lowest BCUT2D eigenvalue weighted by molar-refractivity contribution is -0.145. The van der Waals surface area contributed by atoms with E-state index in [1.807, 2.05) is 12.1 Å². The van der Waals surface area contributed by atoms with E-state index in [1.165, 1.54) is 17.9 Å². The van der Waals surface area contributed by atoms with Gasteiger partial charge in [-0.25, -0.2) is 0 Å². The van der Waals surface area contributed by atoms with Crippen molar-refractivity contribution in [1.82, 2.24) is 5.32 Å². The van der Waals surface area contributed by atoms with Gasteiger partial charge < -0.3 is 10.1 Å². The molecule has 0 radical (unpaired) electrons. The predicted molar refractivity (Wildman–Crippen MR) is 77.3 cm³/mol. The van der Waals surface area contributed by atoms with E-state index < -0.39 is 0 Å². The van der Waals surface area contributed by atoms with Gasteiger partial charge in [0.05, 0.1) is 13.0 Å². The first-order valence-electron chi connectivity index (χ1n) is 6.59. The number of esters is 1. The number of methoxy groups -OCH3 is 1. The third-order valence-corrected chi connectivity index (χ3v) is 3.86. The molecule has 2 aromatic carbocycles. The fraction of sp³-hybridized carbons (Fsp3) is 0.312. The van der Waals surface area contributed by atoms with E-state index in [2.05, 4.69) is 35.6 Å². The maximum absolute atomic E-state index is 11.8. The van der Waals surface area contributed by atoms with Gasteiger partial charge in [0.1, 0.15) is 0 Å². The van der Waals surface area contributed by atoms with E-state index in [-0.39, 0.29) is 22.6 Å². The fourth-order valence-electron chi connectivity index (χ4n) is 2.86. The van der Waals surface area contributed by atoms with Crippen LogP contribution in [0.5, 0.6) is 0 Å². The Morgan fingerprint density at radius 2 is 1.95 bits per heavy atom. The molecule has 0 aliphatic carbocycles. The van der Waals surface area contributed by atoms with Gasteiger partial charge in [-0.15, -0.1) is 0 Å². The Balaban J connectivity index is 0.00000147. The summed E-state index contributed by atoms with van der Waals surface area (Å²) in [5.41, 5.74) is 1.16. The summed E-state index contributed by atoms with van der Waals surface area (Å²) in [4.78, 5) is 11.8. The molecule has 1 saturated heterocycles. The molecule has 2 atom stereocenters. The second-order valence-electron chi connectivity index (χ2n) is 4.96. The summed E-state index contributed by atoms with van der Waals surface area (Å²) in [5, 5.41) is 5.83. The highest BCUT2D eigenvalue weighted by molar-refractivity contribution is 5.83. The number of hydrogen-bond donors (Lipinski definition) is 1. The summed E-state index contributed by atoms with van der Waals surface area (Å²) in [7, 11) is 1.46. The highest BCUT2D eigenvalue weighted by Gasteiger charge is 2.34. The predicted octanol–water partition coefficient (Wildman–Crippen LogP) is 2.82. The average Bonchev–Trinajstić information content (AvgIpc) is 2.95. The molecular formula is C16H18FNO2. The second kappa shape index (κ2) is 6.01. The molecule has 2 aromatic rings. The average molecular weight is 275 g/mol. The van der Waals surface area contributed by atoms with E-state index in [0.717, 1.165) is 18.5 Å². The summed E-state index contributed by atoms with van der Waals surface area (Å²) < 4.78 is 4.89. The van der Waals surface area contributed by atoms with Crippen molar-refractivity contribution in [3.05, 3.63) is 48.0 Å². The molecule has 3 rings (SSSR count). The Morgan fingerprint density at radius 1 is 1.20 bits per heavy atom. The van der Waals surface area contributed by atoms with Crippen LogP contribution in [0.25, 0.3) is 10.8 Å². The maximum Gasteiger partial charge on any atom is 0.310 e. The quantitative estimate of drug-likeness (QED) is 0.856. The summed E-state index contributed by atoms with van der Waals surface area (Å²) in [5.74, 6) is -0.200. The molecule has 0 saturated carbocycles. The van der Waals surface area contributed by atoms with Crippen molar-refractivity contribution in [2.24, 2.45) is 5.92 Å². The number of halogens is 1. The van der Waals surface area contributed by atoms with E-state index in [1.54, 1.807) is 0 Å². The smallest absolute Gasteiger partial charge is 0.310 e. The third-order valence-electron chi connectivity index (χ3n) is 3.86. The van der Waals surface area contributed by atoms with Gasteiger partial charge in [-0.1, -0.05) is 36.4 Å². The minimum Gasteiger partial charge on any atom is -0.469 e. The number of carbonyl (C=O) groups excluding carboxylic acids is 1. The van der Waals surface area contributed by atoms with Gasteiger partial charge >= 0.3 is 5.97 Å². The Hall–Kier alpha value is -1.94. The monoisotopic (exact) mass is 275 g/mol. The Labute approximate surface area is 117 Å². The topological polar surface area (TPSA) is 38.3 Å². The van der Waals surface area contributed by atoms with Crippen molar-refractivity contribution in [3.8, 4) is 0 Å². The van der Waals surface area contributed by atoms with Gasteiger partial charge in [0.15, 0.2) is 0 Å². The van der Waals surface area contributed by atoms with E-state index >= 15 is 0 Å². The Bertz CT molecular complexity index is 614. The molecule has 0 amide bonds. The molecule has 1 fully saturated rings. The first kappa shape index (κ1) is 14.5. The number of hydrogen-bond acceptors (Lipinski definition) is 3. The maximum atomic E-state index is 11.8. The van der Waals surface area contributed by atoms with Crippen molar-refractivity contribution < 1.29 is 14.2 Å². The van der Waals surface area contributed by atoms with Crippen LogP contribution in [0, 0.1) is 5.92 Å². The minimum absolute atomic E-state index is 0. The normalized spacial score (nSPS) is 21.4. The number of fused-ring (bicyclic) bond motifs is 1. The van der Waals surface area contributed by atoms with E-state index in [0.29, 0.717) is 0 Å². The van der Waals surface area contributed by atoms with Crippen LogP contribution in [0.1, 0.15) is 18.0 Å². The molecule has 0 aromatic heterocycles. The molecule has 20 heavy (non-hydrogen) atoms. The number of benzene rings is 2. The first-order chi connectivity index (χ1) is 9.29. The SMILES string of the molecule is COC(=O)[C@H]1CCN[C@@H]1c1ccc2ccccc2c1.F. The Morgan fingerprint density at radius 3 is 2.70 bits per heavy atom. The summed E-state index contributed by atoms with van der Waals surface area (Å²) in [6.45, 7) is 0.858. The van der Waals surface area contributed by atoms with Crippen LogP contribution in [0.4, 0.5) is 4.70 Å². The molecule has 0 bridgehead atoms. The van der Waals surface area contributed by atoms with Crippen LogP contribution in [-0.4, -0.2) is 19.6 Å². The molecule has 3 nitrogen and oxygen atoms in total. The lowest BCUT2D eigenvalue weighted by Gasteiger charge is -2.18. The molecule has 1 aliphatic rings. The van der Waals surface area contributed by atoms with Gasteiger partial charge in [0.2, 0.25) is 0 Å². The zero-order valence-corrected chi connectivity index (χ0v) is 11.3. The zero-order chi connectivity index (χ0) is 13.2. The van der Waals surface area contributed by atoms with E-state index in [4.69, 9.17) is 4.74 Å². The zero-order valence-electron chi connectivity index (χ0n) is 11.3. The molecule has 0 spiro atoms. The van der Waals surface area contributed by atoms with Crippen LogP contribution in [0.2, 0.25) is 0 Å². The summed E-state index contributed by atoms with van der Waals surface area (Å²) in [6, 6.07) is 14.7. The summed E-state index contributed by atoms with van der Waals surface area (Å²) >= 11 is 0. The van der Waals surface area contributed by atoms with Crippen LogP contribution >= 0.6 is 0 Å². The van der Waals surface area contributed by atoms with Gasteiger partial charge in [0, 0.05) is 6.04 Å². The van der Waals surface area contributed by atoms with E-state index in [9.17, 15) is 4.79 Å². The fourth-order valence-corrected chi connectivity index (χ4v) is 2.86. The minimum atomic E-state index is -0.122. The van der Waals surface area contributed by atoms with Crippen molar-refractivity contribution in [3.63, 3.8) is 0 Å². The van der Waals surface area contributed by atoms with Gasteiger partial charge in [-0.2, -0.15) is 0 Å². The lowest BCUT2D eigenvalue weighted by atomic mass is 9.93. The number of carbonyl (C=O) groups is 1. The third kappa shape index (κ3) is 2.51. The molecule has 106 valence electrons. The Kier molecular flexibility index (Phi) is 4.35. The second-order valence-corrected chi connectivity index (χ2v) is 4.96. The standard InChI is InChI=1S/C16H17NO2.FH/c1-19-16(18)14-8-9-17-15(14)13-7-6-11-4-2-3-5-12(11)10-13;/h2-7,10,14-15,17H,8-9H2,1H3;1H/t14-,15+;/m0./s1. The number of ether oxygens (including phenoxy) is 1. The molecule has 1 N–H and O–H groups in total. The lowest BCUT2D eigenvalue weighted by Crippen LogP contribution is -2.24.